The van der Waals surface area contributed by atoms with Crippen LogP contribution in [0.5, 0.6) is 0 Å². The largest absolute Gasteiger partial charge is 0.316 e. The average Bonchev–Trinajstić information content (AvgIpc) is 2.74. The summed E-state index contributed by atoms with van der Waals surface area (Å²) in [6.07, 6.45) is 4.28. The van der Waals surface area contributed by atoms with Crippen LogP contribution < -0.4 is 5.32 Å². The summed E-state index contributed by atoms with van der Waals surface area (Å²) in [5.41, 5.74) is 1.78. The highest BCUT2D eigenvalue weighted by Crippen LogP contribution is 2.39. The van der Waals surface area contributed by atoms with Gasteiger partial charge in [-0.1, -0.05) is 13.3 Å². The Kier molecular flexibility index (Phi) is 4.26. The van der Waals surface area contributed by atoms with Crippen molar-refractivity contribution in [3.63, 3.8) is 0 Å². The van der Waals surface area contributed by atoms with E-state index in [4.69, 9.17) is 11.6 Å². The van der Waals surface area contributed by atoms with E-state index in [9.17, 15) is 10.1 Å². The molecule has 1 N–H and O–H groups in total. The smallest absolute Gasteiger partial charge is 0.239 e. The van der Waals surface area contributed by atoms with Crippen LogP contribution in [0.2, 0.25) is 0 Å². The summed E-state index contributed by atoms with van der Waals surface area (Å²) in [7, 11) is 0. The first-order valence-electron chi connectivity index (χ1n) is 6.10. The molecule has 2 rings (SSSR count). The molecule has 1 aromatic heterocycles. The van der Waals surface area contributed by atoms with Gasteiger partial charge < -0.3 is 5.32 Å². The summed E-state index contributed by atoms with van der Waals surface area (Å²) in [4.78, 5) is 12.6. The van der Waals surface area contributed by atoms with Crippen LogP contribution in [0.15, 0.2) is 0 Å². The molecular weight excluding hydrogens is 268 g/mol. The number of hydrogen-bond acceptors (Lipinski definition) is 3. The van der Waals surface area contributed by atoms with Crippen molar-refractivity contribution in [2.45, 2.75) is 32.6 Å². The molecule has 18 heavy (non-hydrogen) atoms. The fraction of sp³-hybridized carbons (Fsp3) is 0.538. The molecule has 0 bridgehead atoms. The minimum atomic E-state index is -0.251. The highest BCUT2D eigenvalue weighted by atomic mass is 35.5. The molecule has 96 valence electrons. The van der Waals surface area contributed by atoms with Crippen molar-refractivity contribution in [2.24, 2.45) is 5.92 Å². The second-order valence-corrected chi connectivity index (χ2v) is 5.89. The number of carbonyl (C=O) groups excluding carboxylic acids is 1. The number of rotatable bonds is 3. The third kappa shape index (κ3) is 2.52. The monoisotopic (exact) mass is 282 g/mol. The van der Waals surface area contributed by atoms with Crippen LogP contribution in [0, 0.1) is 17.2 Å². The molecule has 3 nitrogen and oxygen atoms in total. The van der Waals surface area contributed by atoms with E-state index in [0.717, 1.165) is 24.8 Å². The number of thiophene rings is 1. The van der Waals surface area contributed by atoms with Crippen molar-refractivity contribution >= 4 is 33.8 Å². The van der Waals surface area contributed by atoms with E-state index >= 15 is 0 Å². The maximum absolute atomic E-state index is 11.3. The zero-order valence-corrected chi connectivity index (χ0v) is 11.8. The number of carbonyl (C=O) groups is 1. The number of fused-ring (bicyclic) bond motifs is 1. The van der Waals surface area contributed by atoms with Crippen LogP contribution in [0.4, 0.5) is 5.00 Å². The number of nitrogens with zero attached hydrogens (tertiary/aromatic N) is 1. The predicted molar refractivity (Wildman–Crippen MR) is 74.2 cm³/mol. The van der Waals surface area contributed by atoms with Crippen molar-refractivity contribution in [1.82, 2.24) is 0 Å². The second-order valence-electron chi connectivity index (χ2n) is 4.52. The van der Waals surface area contributed by atoms with E-state index in [1.807, 2.05) is 0 Å². The van der Waals surface area contributed by atoms with Gasteiger partial charge in [0.15, 0.2) is 0 Å². The zero-order chi connectivity index (χ0) is 13.1. The lowest BCUT2D eigenvalue weighted by molar-refractivity contribution is -0.113. The summed E-state index contributed by atoms with van der Waals surface area (Å²) in [6, 6.07) is 2.22. The Labute approximate surface area is 116 Å². The Hall–Kier alpha value is -1.05. The summed E-state index contributed by atoms with van der Waals surface area (Å²) >= 11 is 7.02. The number of anilines is 1. The Morgan fingerprint density at radius 1 is 1.67 bits per heavy atom. The highest BCUT2D eigenvalue weighted by molar-refractivity contribution is 7.16. The van der Waals surface area contributed by atoms with Gasteiger partial charge in [0.05, 0.1) is 5.56 Å². The van der Waals surface area contributed by atoms with Gasteiger partial charge in [-0.15, -0.1) is 22.9 Å². The van der Waals surface area contributed by atoms with Crippen molar-refractivity contribution < 1.29 is 4.79 Å². The first-order valence-corrected chi connectivity index (χ1v) is 7.45. The minimum Gasteiger partial charge on any atom is -0.316 e. The lowest BCUT2D eigenvalue weighted by Gasteiger charge is -2.20. The standard InChI is InChI=1S/C13H15ClN2OS/c1-2-8-3-4-9-10(7-15)13(16-12(17)6-14)18-11(9)5-8/h8H,2-6H2,1H3,(H,16,17)/t8-/m1/s1. The van der Waals surface area contributed by atoms with Gasteiger partial charge in [0.2, 0.25) is 5.91 Å². The molecule has 1 heterocycles. The third-order valence-corrected chi connectivity index (χ3v) is 4.84. The number of alkyl halides is 1. The van der Waals surface area contributed by atoms with Crippen molar-refractivity contribution in [1.29, 1.82) is 5.26 Å². The van der Waals surface area contributed by atoms with Crippen LogP contribution >= 0.6 is 22.9 Å². The molecule has 1 aliphatic carbocycles. The Balaban J connectivity index is 2.31. The number of halogens is 1. The first-order chi connectivity index (χ1) is 8.69. The topological polar surface area (TPSA) is 52.9 Å². The Bertz CT molecular complexity index is 504. The Morgan fingerprint density at radius 3 is 3.06 bits per heavy atom. The van der Waals surface area contributed by atoms with Gasteiger partial charge in [-0.2, -0.15) is 5.26 Å². The van der Waals surface area contributed by atoms with Gasteiger partial charge in [0, 0.05) is 4.88 Å². The van der Waals surface area contributed by atoms with Gasteiger partial charge in [-0.25, -0.2) is 0 Å². The van der Waals surface area contributed by atoms with Gasteiger partial charge in [0.25, 0.3) is 0 Å². The molecular formula is C13H15ClN2OS. The third-order valence-electron chi connectivity index (χ3n) is 3.43. The number of nitrogens with one attached hydrogen (secondary N) is 1. The molecule has 0 spiro atoms. The maximum atomic E-state index is 11.3. The molecule has 0 aromatic carbocycles. The highest BCUT2D eigenvalue weighted by Gasteiger charge is 2.25. The molecule has 0 fully saturated rings. The van der Waals surface area contributed by atoms with Crippen LogP contribution in [-0.4, -0.2) is 11.8 Å². The molecule has 1 aliphatic rings. The maximum Gasteiger partial charge on any atom is 0.239 e. The Morgan fingerprint density at radius 2 is 2.44 bits per heavy atom. The fourth-order valence-electron chi connectivity index (χ4n) is 2.37. The van der Waals surface area contributed by atoms with E-state index in [2.05, 4.69) is 18.3 Å². The molecule has 0 unspecified atom stereocenters. The van der Waals surface area contributed by atoms with E-state index in [1.165, 1.54) is 22.6 Å². The quantitative estimate of drug-likeness (QED) is 0.865. The lowest BCUT2D eigenvalue weighted by atomic mass is 9.86. The lowest BCUT2D eigenvalue weighted by Crippen LogP contribution is -2.13. The number of amides is 1. The van der Waals surface area contributed by atoms with E-state index in [-0.39, 0.29) is 11.8 Å². The van der Waals surface area contributed by atoms with Gasteiger partial charge in [-0.05, 0) is 30.7 Å². The van der Waals surface area contributed by atoms with E-state index in [1.54, 1.807) is 0 Å². The van der Waals surface area contributed by atoms with Gasteiger partial charge in [-0.3, -0.25) is 4.79 Å². The van der Waals surface area contributed by atoms with Gasteiger partial charge in [0.1, 0.15) is 17.0 Å². The molecule has 5 heteroatoms. The van der Waals surface area contributed by atoms with E-state index in [0.29, 0.717) is 16.5 Å². The summed E-state index contributed by atoms with van der Waals surface area (Å²) in [5, 5.41) is 12.6. The SMILES string of the molecule is CC[C@@H]1CCc2c(sc(NC(=O)CCl)c2C#N)C1. The summed E-state index contributed by atoms with van der Waals surface area (Å²) in [5.74, 6) is 0.378. The summed E-state index contributed by atoms with van der Waals surface area (Å²) < 4.78 is 0. The molecule has 1 aromatic rings. The molecule has 0 aliphatic heterocycles. The average molecular weight is 283 g/mol. The number of hydrogen-bond donors (Lipinski definition) is 1. The second kappa shape index (κ2) is 5.73. The predicted octanol–water partition coefficient (Wildman–Crippen LogP) is 3.31. The molecule has 0 saturated carbocycles. The minimum absolute atomic E-state index is 0.0784. The molecule has 0 saturated heterocycles. The van der Waals surface area contributed by atoms with Crippen molar-refractivity contribution in [3.05, 3.63) is 16.0 Å². The summed E-state index contributed by atoms with van der Waals surface area (Å²) in [6.45, 7) is 2.20. The normalized spacial score (nSPS) is 17.9. The van der Waals surface area contributed by atoms with Crippen LogP contribution in [0.25, 0.3) is 0 Å². The molecule has 0 radical (unpaired) electrons. The molecule has 1 amide bonds. The first kappa shape index (κ1) is 13.4. The van der Waals surface area contributed by atoms with Crippen molar-refractivity contribution in [3.8, 4) is 6.07 Å². The van der Waals surface area contributed by atoms with Crippen LogP contribution in [-0.2, 0) is 17.6 Å². The van der Waals surface area contributed by atoms with Crippen LogP contribution in [0.1, 0.15) is 35.8 Å². The number of nitriles is 1. The molecule has 1 atom stereocenters. The van der Waals surface area contributed by atoms with E-state index < -0.39 is 0 Å². The zero-order valence-electron chi connectivity index (χ0n) is 10.3. The van der Waals surface area contributed by atoms with Crippen LogP contribution in [0.3, 0.4) is 0 Å². The van der Waals surface area contributed by atoms with Gasteiger partial charge >= 0.3 is 0 Å². The fourth-order valence-corrected chi connectivity index (χ4v) is 3.76. The van der Waals surface area contributed by atoms with Crippen molar-refractivity contribution in [2.75, 3.05) is 11.2 Å².